The third-order valence-electron chi connectivity index (χ3n) is 4.95. The van der Waals surface area contributed by atoms with Crippen molar-refractivity contribution in [2.75, 3.05) is 0 Å². The van der Waals surface area contributed by atoms with Gasteiger partial charge in [-0.2, -0.15) is 0 Å². The maximum Gasteiger partial charge on any atom is -0.000221 e. The predicted octanol–water partition coefficient (Wildman–Crippen LogP) is 4.97. The first kappa shape index (κ1) is 12.5. The lowest BCUT2D eigenvalue weighted by Gasteiger charge is -2.50. The second-order valence-corrected chi connectivity index (χ2v) is 5.66. The zero-order valence-electron chi connectivity index (χ0n) is 11.2. The second kappa shape index (κ2) is 4.15. The monoisotopic (exact) mass is 206 g/mol. The molecule has 0 fully saturated rings. The van der Waals surface area contributed by atoms with E-state index in [1.165, 1.54) is 12.8 Å². The molecule has 1 aliphatic rings. The van der Waals surface area contributed by atoms with Crippen LogP contribution in [0.1, 0.15) is 54.4 Å². The van der Waals surface area contributed by atoms with Gasteiger partial charge in [0.15, 0.2) is 0 Å². The smallest absolute Gasteiger partial charge is 0.000221 e. The Balaban J connectivity index is 3.19. The summed E-state index contributed by atoms with van der Waals surface area (Å²) < 4.78 is 0. The molecule has 0 aromatic heterocycles. The van der Waals surface area contributed by atoms with Crippen LogP contribution in [0, 0.1) is 16.7 Å². The fourth-order valence-electron chi connectivity index (χ4n) is 2.90. The third kappa shape index (κ3) is 1.79. The first-order valence-electron chi connectivity index (χ1n) is 6.28. The molecule has 0 aliphatic heterocycles. The Kier molecular flexibility index (Phi) is 3.48. The summed E-state index contributed by atoms with van der Waals surface area (Å²) in [6.07, 6.45) is 9.33. The van der Waals surface area contributed by atoms with Crippen molar-refractivity contribution < 1.29 is 0 Å². The molecule has 0 aromatic carbocycles. The van der Waals surface area contributed by atoms with Crippen LogP contribution in [-0.4, -0.2) is 0 Å². The van der Waals surface area contributed by atoms with E-state index >= 15 is 0 Å². The molecule has 0 spiro atoms. The number of allylic oxidation sites excluding steroid dienone is 4. The molecule has 2 unspecified atom stereocenters. The van der Waals surface area contributed by atoms with Gasteiger partial charge in [-0.15, -0.1) is 0 Å². The Morgan fingerprint density at radius 1 is 1.33 bits per heavy atom. The molecule has 2 atom stereocenters. The molecule has 1 aliphatic carbocycles. The number of rotatable bonds is 3. The highest BCUT2D eigenvalue weighted by Gasteiger charge is 2.45. The number of hydrogen-bond acceptors (Lipinski definition) is 0. The van der Waals surface area contributed by atoms with Crippen molar-refractivity contribution >= 4 is 0 Å². The van der Waals surface area contributed by atoms with Crippen LogP contribution in [-0.2, 0) is 0 Å². The quantitative estimate of drug-likeness (QED) is 0.611. The highest BCUT2D eigenvalue weighted by Crippen LogP contribution is 2.54. The second-order valence-electron chi connectivity index (χ2n) is 5.66. The molecule has 0 radical (unpaired) electrons. The van der Waals surface area contributed by atoms with Gasteiger partial charge in [0.2, 0.25) is 0 Å². The molecule has 0 heteroatoms. The van der Waals surface area contributed by atoms with Crippen molar-refractivity contribution in [3.8, 4) is 0 Å². The summed E-state index contributed by atoms with van der Waals surface area (Å²) in [4.78, 5) is 0. The zero-order chi connectivity index (χ0) is 11.7. The van der Waals surface area contributed by atoms with Gasteiger partial charge in [-0.3, -0.25) is 0 Å². The molecule has 0 N–H and O–H groups in total. The molecule has 15 heavy (non-hydrogen) atoms. The largest absolute Gasteiger partial charge is 0.0808 e. The van der Waals surface area contributed by atoms with Gasteiger partial charge in [0.25, 0.3) is 0 Å². The zero-order valence-corrected chi connectivity index (χ0v) is 11.2. The lowest BCUT2D eigenvalue weighted by Crippen LogP contribution is -2.42. The van der Waals surface area contributed by atoms with Gasteiger partial charge in [-0.1, -0.05) is 71.8 Å². The fourth-order valence-corrected chi connectivity index (χ4v) is 2.90. The molecule has 0 heterocycles. The summed E-state index contributed by atoms with van der Waals surface area (Å²) in [7, 11) is 0. The topological polar surface area (TPSA) is 0 Å². The van der Waals surface area contributed by atoms with Gasteiger partial charge < -0.3 is 0 Å². The minimum absolute atomic E-state index is 0.325. The molecular weight excluding hydrogens is 180 g/mol. The maximum absolute atomic E-state index is 2.44. The molecule has 0 bridgehead atoms. The van der Waals surface area contributed by atoms with E-state index in [1.54, 1.807) is 5.57 Å². The summed E-state index contributed by atoms with van der Waals surface area (Å²) in [5.74, 6) is 0.646. The highest BCUT2D eigenvalue weighted by atomic mass is 14.5. The molecule has 0 nitrogen and oxygen atoms in total. The summed E-state index contributed by atoms with van der Waals surface area (Å²) >= 11 is 0. The van der Waals surface area contributed by atoms with Gasteiger partial charge in [-0.05, 0) is 23.2 Å². The first-order chi connectivity index (χ1) is 6.90. The van der Waals surface area contributed by atoms with Crippen molar-refractivity contribution in [3.05, 3.63) is 23.8 Å². The van der Waals surface area contributed by atoms with Gasteiger partial charge in [-0.25, -0.2) is 0 Å². The Hall–Kier alpha value is -0.520. The van der Waals surface area contributed by atoms with Crippen LogP contribution in [0.3, 0.4) is 0 Å². The van der Waals surface area contributed by atoms with Crippen molar-refractivity contribution in [1.29, 1.82) is 0 Å². The van der Waals surface area contributed by atoms with E-state index in [9.17, 15) is 0 Å². The predicted molar refractivity (Wildman–Crippen MR) is 68.9 cm³/mol. The Morgan fingerprint density at radius 3 is 2.40 bits per heavy atom. The molecule has 1 rings (SSSR count). The van der Waals surface area contributed by atoms with E-state index in [2.05, 4.69) is 59.8 Å². The lowest BCUT2D eigenvalue weighted by atomic mass is 9.54. The minimum Gasteiger partial charge on any atom is -0.0808 e. The van der Waals surface area contributed by atoms with Gasteiger partial charge in [0, 0.05) is 0 Å². The molecule has 0 aromatic rings. The molecular formula is C15H26. The Bertz CT molecular complexity index is 280. The normalized spacial score (nSPS) is 31.6. The van der Waals surface area contributed by atoms with E-state index in [4.69, 9.17) is 0 Å². The highest BCUT2D eigenvalue weighted by molar-refractivity contribution is 5.29. The van der Waals surface area contributed by atoms with Crippen LogP contribution in [0.4, 0.5) is 0 Å². The molecule has 0 saturated heterocycles. The van der Waals surface area contributed by atoms with E-state index < -0.39 is 0 Å². The maximum atomic E-state index is 2.44. The average molecular weight is 206 g/mol. The third-order valence-corrected chi connectivity index (χ3v) is 4.95. The van der Waals surface area contributed by atoms with Crippen molar-refractivity contribution in [2.24, 2.45) is 16.7 Å². The molecule has 86 valence electrons. The van der Waals surface area contributed by atoms with E-state index in [0.29, 0.717) is 16.7 Å². The summed E-state index contributed by atoms with van der Waals surface area (Å²) in [5, 5.41) is 0. The Labute approximate surface area is 95.5 Å². The van der Waals surface area contributed by atoms with E-state index in [1.807, 2.05) is 0 Å². The minimum atomic E-state index is 0.325. The summed E-state index contributed by atoms with van der Waals surface area (Å²) in [6, 6.07) is 0. The van der Waals surface area contributed by atoms with Gasteiger partial charge in [0.1, 0.15) is 0 Å². The van der Waals surface area contributed by atoms with Crippen LogP contribution >= 0.6 is 0 Å². The van der Waals surface area contributed by atoms with E-state index in [0.717, 1.165) is 0 Å². The van der Waals surface area contributed by atoms with Crippen LogP contribution in [0.5, 0.6) is 0 Å². The molecule has 0 saturated carbocycles. The Morgan fingerprint density at radius 2 is 1.93 bits per heavy atom. The standard InChI is InChI=1S/C15H26/c1-7-13-11-9-10-12(3)15(13,6)14(4,5)8-2/h9-12H,7-8H2,1-6H3. The average Bonchev–Trinajstić information content (AvgIpc) is 2.21. The summed E-state index contributed by atoms with van der Waals surface area (Å²) in [6.45, 7) is 14.2. The van der Waals surface area contributed by atoms with E-state index in [-0.39, 0.29) is 0 Å². The van der Waals surface area contributed by atoms with Crippen LogP contribution in [0.15, 0.2) is 23.8 Å². The molecule has 0 amide bonds. The fraction of sp³-hybridized carbons (Fsp3) is 0.733. The van der Waals surface area contributed by atoms with Crippen molar-refractivity contribution in [1.82, 2.24) is 0 Å². The van der Waals surface area contributed by atoms with Crippen LogP contribution in [0.2, 0.25) is 0 Å². The summed E-state index contributed by atoms with van der Waals surface area (Å²) in [5.41, 5.74) is 2.31. The van der Waals surface area contributed by atoms with Gasteiger partial charge in [0.05, 0.1) is 0 Å². The first-order valence-corrected chi connectivity index (χ1v) is 6.28. The van der Waals surface area contributed by atoms with Crippen LogP contribution in [0.25, 0.3) is 0 Å². The number of hydrogen-bond donors (Lipinski definition) is 0. The van der Waals surface area contributed by atoms with Crippen molar-refractivity contribution in [3.63, 3.8) is 0 Å². The lowest BCUT2D eigenvalue weighted by molar-refractivity contribution is 0.0789. The van der Waals surface area contributed by atoms with Crippen molar-refractivity contribution in [2.45, 2.75) is 54.4 Å². The van der Waals surface area contributed by atoms with Crippen LogP contribution < -0.4 is 0 Å². The SMILES string of the molecule is CCC1=CC=CC(C)C1(C)C(C)(C)CC. The van der Waals surface area contributed by atoms with Gasteiger partial charge >= 0.3 is 0 Å².